The molecule has 6 rings (SSSR count). The maximum Gasteiger partial charge on any atom is 0.319 e. The first kappa shape index (κ1) is 49.6. The second-order valence-corrected chi connectivity index (χ2v) is 15.8. The lowest BCUT2D eigenvalue weighted by Gasteiger charge is -2.19. The molecule has 0 bridgehead atoms. The molecule has 346 valence electrons. The van der Waals surface area contributed by atoms with Gasteiger partial charge in [0.05, 0.1) is 45.8 Å². The van der Waals surface area contributed by atoms with Gasteiger partial charge >= 0.3 is 18.0 Å². The Hall–Kier alpha value is -7.43. The number of carboxylic acids is 1. The molecule has 0 aliphatic carbocycles. The Morgan fingerprint density at radius 2 is 1.05 bits per heavy atom. The third-order valence-corrected chi connectivity index (χ3v) is 11.0. The molecule has 6 aromatic rings. The second-order valence-electron chi connectivity index (χ2n) is 15.0. The van der Waals surface area contributed by atoms with Crippen molar-refractivity contribution >= 4 is 52.6 Å². The number of carbonyl (C=O) groups is 3. The summed E-state index contributed by atoms with van der Waals surface area (Å²) in [5.41, 5.74) is 2.89. The summed E-state index contributed by atoms with van der Waals surface area (Å²) in [5, 5.41) is 40.8. The normalized spacial score (nSPS) is 11.6. The number of methoxy groups -OCH3 is 2. The fourth-order valence-corrected chi connectivity index (χ4v) is 7.41. The molecule has 4 amide bonds. The summed E-state index contributed by atoms with van der Waals surface area (Å²) in [6.45, 7) is 5.92. The lowest BCUT2D eigenvalue weighted by molar-refractivity contribution is -0.137. The Balaban J connectivity index is 0.000000248. The topological polar surface area (TPSA) is 222 Å². The van der Waals surface area contributed by atoms with E-state index in [-0.39, 0.29) is 42.7 Å². The molecule has 66 heavy (non-hydrogen) atoms. The van der Waals surface area contributed by atoms with Gasteiger partial charge in [-0.2, -0.15) is 0 Å². The maximum atomic E-state index is 13.0. The largest absolute Gasteiger partial charge is 0.505 e. The summed E-state index contributed by atoms with van der Waals surface area (Å²) in [6, 6.07) is 25.3. The zero-order valence-corrected chi connectivity index (χ0v) is 38.2. The van der Waals surface area contributed by atoms with Crippen molar-refractivity contribution in [3.05, 3.63) is 174 Å². The number of aryl methyl sites for hydroxylation is 2. The van der Waals surface area contributed by atoms with Crippen LogP contribution in [-0.4, -0.2) is 56.7 Å². The number of nitrogens with zero attached hydrogens (tertiary/aromatic N) is 2. The van der Waals surface area contributed by atoms with E-state index in [9.17, 15) is 39.3 Å². The highest BCUT2D eigenvalue weighted by molar-refractivity contribution is 6.31. The molecule has 2 atom stereocenters. The zero-order valence-electron chi connectivity index (χ0n) is 36.7. The van der Waals surface area contributed by atoms with E-state index in [1.807, 2.05) is 51.1 Å². The van der Waals surface area contributed by atoms with Gasteiger partial charge in [0, 0.05) is 33.6 Å². The van der Waals surface area contributed by atoms with Gasteiger partial charge in [-0.15, -0.1) is 0 Å². The first-order chi connectivity index (χ1) is 31.5. The Morgan fingerprint density at radius 3 is 1.44 bits per heavy atom. The average Bonchev–Trinajstić information content (AvgIpc) is 3.28. The van der Waals surface area contributed by atoms with Crippen LogP contribution in [0.3, 0.4) is 0 Å². The van der Waals surface area contributed by atoms with Crippen molar-refractivity contribution in [2.24, 2.45) is 0 Å². The van der Waals surface area contributed by atoms with E-state index in [2.05, 4.69) is 21.3 Å². The predicted molar refractivity (Wildman–Crippen MR) is 254 cm³/mol. The minimum absolute atomic E-state index is 0.0309. The smallest absolute Gasteiger partial charge is 0.319 e. The molecule has 0 radical (unpaired) electrons. The molecule has 7 N–H and O–H groups in total. The fraction of sp³-hybridized carbons (Fsp3) is 0.229. The number of carbonyl (C=O) groups excluding carboxylic acids is 2. The quantitative estimate of drug-likeness (QED) is 0.0519. The lowest BCUT2D eigenvalue weighted by atomic mass is 10.0. The number of halogens is 2. The van der Waals surface area contributed by atoms with Crippen molar-refractivity contribution in [1.82, 2.24) is 19.8 Å². The number of aromatic hydroxyl groups is 2. The van der Waals surface area contributed by atoms with Crippen molar-refractivity contribution < 1.29 is 39.2 Å². The van der Waals surface area contributed by atoms with Crippen LogP contribution in [-0.2, 0) is 17.9 Å². The van der Waals surface area contributed by atoms with Crippen LogP contribution in [0, 0.1) is 13.8 Å². The number of carboxylic acid groups (broad SMARTS) is 1. The lowest BCUT2D eigenvalue weighted by Crippen LogP contribution is -2.36. The molecular weight excluding hydrogens is 891 g/mol. The number of aliphatic carboxylic acids is 1. The van der Waals surface area contributed by atoms with Crippen LogP contribution < -0.4 is 41.9 Å². The van der Waals surface area contributed by atoms with Crippen molar-refractivity contribution in [1.29, 1.82) is 0 Å². The molecule has 0 saturated carbocycles. The van der Waals surface area contributed by atoms with E-state index >= 15 is 0 Å². The van der Waals surface area contributed by atoms with E-state index in [1.165, 1.54) is 47.9 Å². The van der Waals surface area contributed by atoms with Crippen LogP contribution >= 0.6 is 23.2 Å². The van der Waals surface area contributed by atoms with E-state index < -0.39 is 40.9 Å². The number of ether oxygens (including phenoxy) is 2. The number of urea groups is 2. The number of pyridine rings is 2. The molecule has 0 saturated heterocycles. The molecule has 2 aromatic heterocycles. The fourth-order valence-electron chi connectivity index (χ4n) is 6.96. The maximum absolute atomic E-state index is 13.0. The molecule has 0 spiro atoms. The van der Waals surface area contributed by atoms with Gasteiger partial charge in [-0.1, -0.05) is 102 Å². The molecule has 2 heterocycles. The van der Waals surface area contributed by atoms with Crippen molar-refractivity contribution in [2.45, 2.75) is 58.8 Å². The number of rotatable bonds is 15. The highest BCUT2D eigenvalue weighted by atomic mass is 35.5. The Kier molecular flexibility index (Phi) is 17.3. The summed E-state index contributed by atoms with van der Waals surface area (Å²) in [7, 11) is 3.00. The molecule has 16 nitrogen and oxygen atoms in total. The van der Waals surface area contributed by atoms with Gasteiger partial charge in [0.25, 0.3) is 11.1 Å². The number of anilines is 2. The van der Waals surface area contributed by atoms with E-state index in [0.717, 1.165) is 16.7 Å². The summed E-state index contributed by atoms with van der Waals surface area (Å²) in [4.78, 5) is 62.6. The van der Waals surface area contributed by atoms with Crippen LogP contribution in [0.15, 0.2) is 119 Å². The number of amides is 4. The Labute approximate surface area is 390 Å². The number of nitrogens with one attached hydrogen (secondary N) is 4. The predicted octanol–water partition coefficient (Wildman–Crippen LogP) is 8.76. The van der Waals surface area contributed by atoms with Crippen LogP contribution in [0.25, 0.3) is 0 Å². The minimum Gasteiger partial charge on any atom is -0.505 e. The standard InChI is InChI=1S/C24H24ClN3O6.C24H26ClN3O4/c1-14-5-3-6-15(11-14)18(12-21(30)31)26-24(33)27-22-19(29)9-10-28(23(22)32)13-16-17(25)7-4-8-20(16)34-2;1-4-19(16-8-5-7-15(2)13-16)26-24(31)27-22-20(29)11-12-28(23(22)30)14-17-18(25)9-6-10-21(17)32-3/h3-11,18,29H,12-13H2,1-2H3,(H,30,31)(H2,26,27,33);5-13,19,29H,4,14H2,1-3H3,(H2,26,27,31)/t18-;19-/m00/s1. The van der Waals surface area contributed by atoms with Crippen molar-refractivity contribution in [2.75, 3.05) is 24.9 Å². The first-order valence-electron chi connectivity index (χ1n) is 20.5. The van der Waals surface area contributed by atoms with Crippen molar-refractivity contribution in [3.63, 3.8) is 0 Å². The molecule has 0 fully saturated rings. The summed E-state index contributed by atoms with van der Waals surface area (Å²) in [5.74, 6) is -0.850. The summed E-state index contributed by atoms with van der Waals surface area (Å²) >= 11 is 12.5. The van der Waals surface area contributed by atoms with Gasteiger partial charge in [-0.05, 0) is 67.8 Å². The average molecular weight is 942 g/mol. The first-order valence-corrected chi connectivity index (χ1v) is 21.3. The molecule has 0 aliphatic heterocycles. The second kappa shape index (κ2) is 23.0. The number of hydrogen-bond donors (Lipinski definition) is 7. The molecule has 0 aliphatic rings. The number of aromatic nitrogens is 2. The summed E-state index contributed by atoms with van der Waals surface area (Å²) < 4.78 is 13.2. The van der Waals surface area contributed by atoms with Crippen LogP contribution in [0.5, 0.6) is 23.0 Å². The highest BCUT2D eigenvalue weighted by Gasteiger charge is 2.22. The van der Waals surface area contributed by atoms with E-state index in [0.29, 0.717) is 44.7 Å². The number of hydrogen-bond acceptors (Lipinski definition) is 9. The molecule has 0 unspecified atom stereocenters. The van der Waals surface area contributed by atoms with Gasteiger partial charge < -0.3 is 55.2 Å². The third kappa shape index (κ3) is 12.9. The van der Waals surface area contributed by atoms with Crippen LogP contribution in [0.4, 0.5) is 21.0 Å². The van der Waals surface area contributed by atoms with E-state index in [1.54, 1.807) is 54.6 Å². The Morgan fingerprint density at radius 1 is 0.636 bits per heavy atom. The van der Waals surface area contributed by atoms with Gasteiger partial charge in [-0.25, -0.2) is 9.59 Å². The molecule has 4 aromatic carbocycles. The third-order valence-electron chi connectivity index (χ3n) is 10.3. The van der Waals surface area contributed by atoms with Gasteiger partial charge in [0.15, 0.2) is 11.4 Å². The monoisotopic (exact) mass is 940 g/mol. The molecule has 18 heteroatoms. The zero-order chi connectivity index (χ0) is 48.1. The highest BCUT2D eigenvalue weighted by Crippen LogP contribution is 2.29. The Bertz CT molecular complexity index is 2830. The summed E-state index contributed by atoms with van der Waals surface area (Å²) in [6.07, 6.45) is 3.09. The van der Waals surface area contributed by atoms with Crippen molar-refractivity contribution in [3.8, 4) is 23.0 Å². The number of benzene rings is 4. The van der Waals surface area contributed by atoms with Gasteiger partial charge in [-0.3, -0.25) is 14.4 Å². The SMILES string of the molecule is CC[C@H](NC(=O)Nc1c(O)ccn(Cc2c(Cl)cccc2OC)c1=O)c1cccc(C)c1.COc1cccc(Cl)c1Cn1ccc(O)c(NC(=O)N[C@@H](CC(=O)O)c2cccc(C)c2)c1=O. The van der Waals surface area contributed by atoms with Crippen LogP contribution in [0.1, 0.15) is 65.2 Å². The van der Waals surface area contributed by atoms with Gasteiger partial charge in [0.2, 0.25) is 0 Å². The van der Waals surface area contributed by atoms with Crippen LogP contribution in [0.2, 0.25) is 10.0 Å². The minimum atomic E-state index is -1.11. The molecular formula is C48H50Cl2N6O10. The van der Waals surface area contributed by atoms with Gasteiger partial charge in [0.1, 0.15) is 23.0 Å². The van der Waals surface area contributed by atoms with E-state index in [4.69, 9.17) is 32.7 Å².